The molecule has 1 N–H and O–H groups in total. The first-order chi connectivity index (χ1) is 13.9. The number of para-hydroxylation sites is 1. The fourth-order valence-corrected chi connectivity index (χ4v) is 3.15. The van der Waals surface area contributed by atoms with Gasteiger partial charge in [0.15, 0.2) is 0 Å². The molecule has 0 atom stereocenters. The molecule has 8 heteroatoms. The molecule has 0 aliphatic rings. The Kier molecular flexibility index (Phi) is 6.56. The lowest BCUT2D eigenvalue weighted by molar-refractivity contribution is 0.201. The number of amides is 2. The first-order valence-electron chi connectivity index (χ1n) is 9.09. The first-order valence-corrected chi connectivity index (χ1v) is 10.7. The van der Waals surface area contributed by atoms with Crippen molar-refractivity contribution in [2.75, 3.05) is 11.1 Å². The molecular formula is C21H22N2O5S. The van der Waals surface area contributed by atoms with Crippen molar-refractivity contribution in [3.05, 3.63) is 84.3 Å². The van der Waals surface area contributed by atoms with Crippen LogP contribution in [-0.4, -0.2) is 25.1 Å². The Morgan fingerprint density at radius 3 is 2.52 bits per heavy atom. The van der Waals surface area contributed by atoms with Crippen LogP contribution in [0.1, 0.15) is 18.2 Å². The summed E-state index contributed by atoms with van der Waals surface area (Å²) in [6, 6.07) is 19.0. The number of benzene rings is 2. The van der Waals surface area contributed by atoms with E-state index >= 15 is 0 Å². The number of hydrogen-bond acceptors (Lipinski definition) is 5. The van der Waals surface area contributed by atoms with Crippen molar-refractivity contribution in [3.8, 4) is 5.75 Å². The average Bonchev–Trinajstić information content (AvgIpc) is 3.21. The van der Waals surface area contributed by atoms with E-state index in [1.807, 2.05) is 18.2 Å². The molecule has 0 aliphatic heterocycles. The Bertz CT molecular complexity index is 1030. The minimum atomic E-state index is -3.62. The molecule has 0 fully saturated rings. The Balaban J connectivity index is 1.78. The standard InChI is InChI=1S/C21H22N2O5S/c1-2-29(25,26)28-19-11-6-8-17(14-19)15-23(16-20-12-7-13-27-20)21(24)22-18-9-4-3-5-10-18/h3-14H,2,15-16H2,1H3,(H,22,24). The maximum Gasteiger partial charge on any atom is 0.322 e. The molecule has 152 valence electrons. The summed E-state index contributed by atoms with van der Waals surface area (Å²) in [4.78, 5) is 14.4. The lowest BCUT2D eigenvalue weighted by atomic mass is 10.2. The van der Waals surface area contributed by atoms with Gasteiger partial charge in [0.25, 0.3) is 0 Å². The Labute approximate surface area is 170 Å². The number of nitrogens with zero attached hydrogens (tertiary/aromatic N) is 1. The maximum absolute atomic E-state index is 12.8. The van der Waals surface area contributed by atoms with Crippen LogP contribution in [0.15, 0.2) is 77.4 Å². The van der Waals surface area contributed by atoms with Crippen molar-refractivity contribution in [2.45, 2.75) is 20.0 Å². The highest BCUT2D eigenvalue weighted by Crippen LogP contribution is 2.19. The normalized spacial score (nSPS) is 11.1. The summed E-state index contributed by atoms with van der Waals surface area (Å²) in [5.74, 6) is 0.723. The lowest BCUT2D eigenvalue weighted by Gasteiger charge is -2.22. The summed E-state index contributed by atoms with van der Waals surface area (Å²) >= 11 is 0. The Hall–Kier alpha value is -3.26. The monoisotopic (exact) mass is 414 g/mol. The van der Waals surface area contributed by atoms with E-state index in [0.717, 1.165) is 5.56 Å². The molecule has 0 saturated carbocycles. The second-order valence-corrected chi connectivity index (χ2v) is 8.17. The number of nitrogens with one attached hydrogen (secondary N) is 1. The van der Waals surface area contributed by atoms with Gasteiger partial charge in [-0.25, -0.2) is 4.79 Å². The molecule has 0 saturated heterocycles. The number of rotatable bonds is 8. The molecule has 2 aromatic carbocycles. The molecular weight excluding hydrogens is 392 g/mol. The van der Waals surface area contributed by atoms with E-state index in [-0.39, 0.29) is 30.6 Å². The van der Waals surface area contributed by atoms with Gasteiger partial charge in [-0.3, -0.25) is 0 Å². The highest BCUT2D eigenvalue weighted by Gasteiger charge is 2.17. The second kappa shape index (κ2) is 9.29. The summed E-state index contributed by atoms with van der Waals surface area (Å²) in [6.07, 6.45) is 1.55. The predicted octanol–water partition coefficient (Wildman–Crippen LogP) is 4.24. The third-order valence-electron chi connectivity index (χ3n) is 4.09. The van der Waals surface area contributed by atoms with Crippen molar-refractivity contribution in [2.24, 2.45) is 0 Å². The smallest absolute Gasteiger partial charge is 0.322 e. The number of anilines is 1. The largest absolute Gasteiger partial charge is 0.467 e. The number of urea groups is 1. The van der Waals surface area contributed by atoms with Gasteiger partial charge in [0, 0.05) is 12.2 Å². The van der Waals surface area contributed by atoms with Crippen LogP contribution in [0.4, 0.5) is 10.5 Å². The number of hydrogen-bond donors (Lipinski definition) is 1. The van der Waals surface area contributed by atoms with Crippen molar-refractivity contribution >= 4 is 21.8 Å². The quantitative estimate of drug-likeness (QED) is 0.557. The van der Waals surface area contributed by atoms with Crippen molar-refractivity contribution in [1.82, 2.24) is 4.90 Å². The highest BCUT2D eigenvalue weighted by molar-refractivity contribution is 7.87. The van der Waals surface area contributed by atoms with E-state index in [9.17, 15) is 13.2 Å². The molecule has 3 aromatic rings. The van der Waals surface area contributed by atoms with Gasteiger partial charge in [0.2, 0.25) is 0 Å². The first kappa shape index (κ1) is 20.5. The van der Waals surface area contributed by atoms with E-state index < -0.39 is 10.1 Å². The van der Waals surface area contributed by atoms with E-state index in [0.29, 0.717) is 11.4 Å². The van der Waals surface area contributed by atoms with Crippen LogP contribution >= 0.6 is 0 Å². The Morgan fingerprint density at radius 2 is 1.83 bits per heavy atom. The molecule has 0 radical (unpaired) electrons. The van der Waals surface area contributed by atoms with Crippen molar-refractivity contribution in [3.63, 3.8) is 0 Å². The summed E-state index contributed by atoms with van der Waals surface area (Å²) < 4.78 is 33.9. The molecule has 1 aromatic heterocycles. The van der Waals surface area contributed by atoms with Gasteiger partial charge in [-0.1, -0.05) is 30.3 Å². The van der Waals surface area contributed by atoms with Crippen LogP contribution in [0.3, 0.4) is 0 Å². The average molecular weight is 414 g/mol. The van der Waals surface area contributed by atoms with Crippen LogP contribution in [-0.2, 0) is 23.2 Å². The molecule has 0 spiro atoms. The van der Waals surface area contributed by atoms with Gasteiger partial charge in [0.05, 0.1) is 18.6 Å². The molecule has 0 bridgehead atoms. The van der Waals surface area contributed by atoms with E-state index in [1.54, 1.807) is 59.7 Å². The summed E-state index contributed by atoms with van der Waals surface area (Å²) in [6.45, 7) is 2.00. The molecule has 29 heavy (non-hydrogen) atoms. The number of carbonyl (C=O) groups excluding carboxylic acids is 1. The second-order valence-electron chi connectivity index (χ2n) is 6.31. The third-order valence-corrected chi connectivity index (χ3v) is 5.24. The topological polar surface area (TPSA) is 88.9 Å². The zero-order valence-corrected chi connectivity index (χ0v) is 16.8. The lowest BCUT2D eigenvalue weighted by Crippen LogP contribution is -2.34. The zero-order chi connectivity index (χ0) is 20.7. The SMILES string of the molecule is CCS(=O)(=O)Oc1cccc(CN(Cc2ccco2)C(=O)Nc2ccccc2)c1. The van der Waals surface area contributed by atoms with Gasteiger partial charge in [-0.2, -0.15) is 8.42 Å². The maximum atomic E-state index is 12.8. The third kappa shape index (κ3) is 6.11. The van der Waals surface area contributed by atoms with Crippen LogP contribution in [0, 0.1) is 0 Å². The predicted molar refractivity (Wildman–Crippen MR) is 110 cm³/mol. The van der Waals surface area contributed by atoms with Gasteiger partial charge in [-0.05, 0) is 48.9 Å². The molecule has 3 rings (SSSR count). The summed E-state index contributed by atoms with van der Waals surface area (Å²) in [5.41, 5.74) is 1.40. The molecule has 0 aliphatic carbocycles. The fraction of sp³-hybridized carbons (Fsp3) is 0.190. The van der Waals surface area contributed by atoms with Gasteiger partial charge in [-0.15, -0.1) is 0 Å². The minimum Gasteiger partial charge on any atom is -0.467 e. The van der Waals surface area contributed by atoms with Crippen LogP contribution in [0.5, 0.6) is 5.75 Å². The zero-order valence-electron chi connectivity index (χ0n) is 15.9. The van der Waals surface area contributed by atoms with Crippen molar-refractivity contribution in [1.29, 1.82) is 0 Å². The summed E-state index contributed by atoms with van der Waals surface area (Å²) in [5, 5.41) is 2.85. The number of furan rings is 1. The van der Waals surface area contributed by atoms with Gasteiger partial charge < -0.3 is 18.8 Å². The van der Waals surface area contributed by atoms with Crippen LogP contribution < -0.4 is 9.50 Å². The van der Waals surface area contributed by atoms with Gasteiger partial charge in [0.1, 0.15) is 11.5 Å². The molecule has 0 unspecified atom stereocenters. The van der Waals surface area contributed by atoms with E-state index in [1.165, 1.54) is 6.92 Å². The van der Waals surface area contributed by atoms with Crippen LogP contribution in [0.25, 0.3) is 0 Å². The van der Waals surface area contributed by atoms with Crippen molar-refractivity contribution < 1.29 is 21.8 Å². The molecule has 1 heterocycles. The minimum absolute atomic E-state index is 0.124. The highest BCUT2D eigenvalue weighted by atomic mass is 32.2. The fourth-order valence-electron chi connectivity index (χ4n) is 2.64. The van der Waals surface area contributed by atoms with Gasteiger partial charge >= 0.3 is 16.1 Å². The van der Waals surface area contributed by atoms with Crippen LogP contribution in [0.2, 0.25) is 0 Å². The van der Waals surface area contributed by atoms with E-state index in [2.05, 4.69) is 5.32 Å². The molecule has 2 amide bonds. The Morgan fingerprint density at radius 1 is 1.03 bits per heavy atom. The summed E-state index contributed by atoms with van der Waals surface area (Å²) in [7, 11) is -3.62. The molecule has 7 nitrogen and oxygen atoms in total. The van der Waals surface area contributed by atoms with E-state index in [4.69, 9.17) is 8.60 Å². The number of carbonyl (C=O) groups is 1.